The number of hydrogen-bond donors (Lipinski definition) is 1. The third kappa shape index (κ3) is 5.47. The smallest absolute Gasteiger partial charge is 0.0946 e. The molecule has 1 fully saturated rings. The summed E-state index contributed by atoms with van der Waals surface area (Å²) in [5, 5.41) is 4.66. The molecule has 1 N–H and O–H groups in total. The van der Waals surface area contributed by atoms with Crippen LogP contribution < -0.4 is 5.32 Å². The Labute approximate surface area is 233 Å². The van der Waals surface area contributed by atoms with Gasteiger partial charge in [-0.05, 0) is 120 Å². The Bertz CT molecular complexity index is 1320. The van der Waals surface area contributed by atoms with E-state index in [1.165, 1.54) is 28.0 Å². The van der Waals surface area contributed by atoms with E-state index in [1.807, 2.05) is 18.7 Å². The van der Waals surface area contributed by atoms with Crippen LogP contribution in [0.3, 0.4) is 0 Å². The summed E-state index contributed by atoms with van der Waals surface area (Å²) in [6.07, 6.45) is 10.5. The van der Waals surface area contributed by atoms with Gasteiger partial charge in [-0.2, -0.15) is 0 Å². The van der Waals surface area contributed by atoms with E-state index in [2.05, 4.69) is 105 Å². The van der Waals surface area contributed by atoms with Crippen LogP contribution in [-0.4, -0.2) is 43.6 Å². The molecule has 0 bridgehead atoms. The SMILES string of the molecule is Cn1cncc1C(NC(C)(C)C)C1=Cc2cccnc2C(C2CCN(C(C)(C)C)CC2)c2ccc(Cl)cc21. The van der Waals surface area contributed by atoms with Crippen molar-refractivity contribution in [3.8, 4) is 0 Å². The number of halogens is 1. The van der Waals surface area contributed by atoms with E-state index in [9.17, 15) is 0 Å². The van der Waals surface area contributed by atoms with Crippen LogP contribution in [-0.2, 0) is 7.05 Å². The summed E-state index contributed by atoms with van der Waals surface area (Å²) in [6, 6.07) is 10.7. The molecule has 2 aromatic heterocycles. The molecule has 0 amide bonds. The second-order valence-electron chi connectivity index (χ2n) is 13.0. The molecule has 1 saturated heterocycles. The first-order chi connectivity index (χ1) is 17.9. The number of aromatic nitrogens is 3. The van der Waals surface area contributed by atoms with Crippen molar-refractivity contribution in [3.63, 3.8) is 0 Å². The molecule has 2 atom stereocenters. The lowest BCUT2D eigenvalue weighted by Gasteiger charge is -2.43. The number of nitrogens with one attached hydrogen (secondary N) is 1. The van der Waals surface area contributed by atoms with E-state index >= 15 is 0 Å². The molecular formula is C32H42ClN5. The summed E-state index contributed by atoms with van der Waals surface area (Å²) in [5.41, 5.74) is 7.33. The molecule has 1 aromatic carbocycles. The summed E-state index contributed by atoms with van der Waals surface area (Å²) in [6.45, 7) is 15.8. The fourth-order valence-corrected chi connectivity index (χ4v) is 6.44. The fraction of sp³-hybridized carbons (Fsp3) is 0.500. The molecule has 3 aromatic rings. The van der Waals surface area contributed by atoms with Crippen molar-refractivity contribution in [2.24, 2.45) is 13.0 Å². The molecule has 0 spiro atoms. The van der Waals surface area contributed by atoms with Gasteiger partial charge in [-0.25, -0.2) is 4.98 Å². The van der Waals surface area contributed by atoms with Crippen molar-refractivity contribution in [3.05, 3.63) is 82.2 Å². The number of fused-ring (bicyclic) bond motifs is 2. The van der Waals surface area contributed by atoms with Crippen molar-refractivity contribution < 1.29 is 0 Å². The van der Waals surface area contributed by atoms with Crippen LogP contribution in [0.2, 0.25) is 5.02 Å². The van der Waals surface area contributed by atoms with Gasteiger partial charge in [-0.3, -0.25) is 9.88 Å². The Morgan fingerprint density at radius 3 is 2.42 bits per heavy atom. The van der Waals surface area contributed by atoms with E-state index in [1.54, 1.807) is 0 Å². The molecule has 5 nitrogen and oxygen atoms in total. The van der Waals surface area contributed by atoms with Crippen molar-refractivity contribution in [2.45, 2.75) is 77.4 Å². The minimum Gasteiger partial charge on any atom is -0.336 e. The highest BCUT2D eigenvalue weighted by molar-refractivity contribution is 6.30. The number of pyridine rings is 1. The maximum Gasteiger partial charge on any atom is 0.0946 e. The van der Waals surface area contributed by atoms with Gasteiger partial charge in [0.25, 0.3) is 0 Å². The zero-order valence-electron chi connectivity index (χ0n) is 23.9. The van der Waals surface area contributed by atoms with Crippen LogP contribution in [0.25, 0.3) is 11.6 Å². The quantitative estimate of drug-likeness (QED) is 0.390. The number of aryl methyl sites for hydroxylation is 1. The van der Waals surface area contributed by atoms with Gasteiger partial charge in [0, 0.05) is 35.3 Å². The normalized spacial score (nSPS) is 19.9. The first-order valence-corrected chi connectivity index (χ1v) is 14.3. The Hall–Kier alpha value is -2.47. The van der Waals surface area contributed by atoms with Crippen LogP contribution in [0.4, 0.5) is 0 Å². The van der Waals surface area contributed by atoms with Crippen molar-refractivity contribution >= 4 is 23.3 Å². The number of hydrogen-bond acceptors (Lipinski definition) is 4. The predicted molar refractivity (Wildman–Crippen MR) is 158 cm³/mol. The van der Waals surface area contributed by atoms with Crippen LogP contribution in [0.15, 0.2) is 49.1 Å². The predicted octanol–water partition coefficient (Wildman–Crippen LogP) is 7.09. The van der Waals surface area contributed by atoms with E-state index < -0.39 is 0 Å². The highest BCUT2D eigenvalue weighted by Gasteiger charge is 2.38. The van der Waals surface area contributed by atoms with Crippen LogP contribution >= 0.6 is 11.6 Å². The summed E-state index contributed by atoms with van der Waals surface area (Å²) in [7, 11) is 2.07. The average molecular weight is 532 g/mol. The van der Waals surface area contributed by atoms with Gasteiger partial charge in [0.1, 0.15) is 0 Å². The molecule has 5 rings (SSSR count). The van der Waals surface area contributed by atoms with Crippen LogP contribution in [0.5, 0.6) is 0 Å². The molecule has 1 aliphatic heterocycles. The van der Waals surface area contributed by atoms with Gasteiger partial charge in [0.05, 0.1) is 30.0 Å². The summed E-state index contributed by atoms with van der Waals surface area (Å²) >= 11 is 6.72. The van der Waals surface area contributed by atoms with Gasteiger partial charge < -0.3 is 9.88 Å². The summed E-state index contributed by atoms with van der Waals surface area (Å²) in [5.74, 6) is 0.733. The Kier molecular flexibility index (Phi) is 7.32. The first kappa shape index (κ1) is 27.1. The number of nitrogens with zero attached hydrogens (tertiary/aromatic N) is 4. The number of likely N-dealkylation sites (tertiary alicyclic amines) is 1. The lowest BCUT2D eigenvalue weighted by atomic mass is 9.75. The van der Waals surface area contributed by atoms with E-state index in [4.69, 9.17) is 16.6 Å². The van der Waals surface area contributed by atoms with Gasteiger partial charge in [0.15, 0.2) is 0 Å². The van der Waals surface area contributed by atoms with Gasteiger partial charge in [-0.15, -0.1) is 0 Å². The Morgan fingerprint density at radius 2 is 1.79 bits per heavy atom. The molecule has 0 saturated carbocycles. The van der Waals surface area contributed by atoms with Crippen LogP contribution in [0.1, 0.15) is 94.4 Å². The maximum atomic E-state index is 6.72. The molecular weight excluding hydrogens is 490 g/mol. The standard InChI is InChI=1S/C32H42ClN5/c1-31(2,3)36-30(27-19-34-20-37(27)7)26-17-22-9-8-14-35-29(22)28(24-11-10-23(33)18-25(24)26)21-12-15-38(16-13-21)32(4,5)6/h8-11,14,17-21,28,30,36H,12-13,15-16H2,1-7H3. The second-order valence-corrected chi connectivity index (χ2v) is 13.5. The van der Waals surface area contributed by atoms with Gasteiger partial charge in [0.2, 0.25) is 0 Å². The van der Waals surface area contributed by atoms with Crippen molar-refractivity contribution in [1.82, 2.24) is 24.8 Å². The van der Waals surface area contributed by atoms with E-state index in [-0.39, 0.29) is 23.0 Å². The minimum absolute atomic E-state index is 0.0609. The third-order valence-electron chi connectivity index (χ3n) is 8.14. The van der Waals surface area contributed by atoms with Crippen molar-refractivity contribution in [2.75, 3.05) is 13.1 Å². The molecule has 202 valence electrons. The van der Waals surface area contributed by atoms with Crippen molar-refractivity contribution in [1.29, 1.82) is 0 Å². The van der Waals surface area contributed by atoms with Crippen LogP contribution in [0, 0.1) is 5.92 Å². The third-order valence-corrected chi connectivity index (χ3v) is 8.37. The monoisotopic (exact) mass is 531 g/mol. The number of rotatable bonds is 4. The topological polar surface area (TPSA) is 46.0 Å². The summed E-state index contributed by atoms with van der Waals surface area (Å²) in [4.78, 5) is 12.1. The number of piperidine rings is 1. The highest BCUT2D eigenvalue weighted by Crippen LogP contribution is 2.48. The molecule has 0 radical (unpaired) electrons. The average Bonchev–Trinajstić information content (AvgIpc) is 3.21. The molecule has 2 aliphatic rings. The summed E-state index contributed by atoms with van der Waals surface area (Å²) < 4.78 is 2.11. The molecule has 6 heteroatoms. The molecule has 2 unspecified atom stereocenters. The van der Waals surface area contributed by atoms with Gasteiger partial charge >= 0.3 is 0 Å². The van der Waals surface area contributed by atoms with E-state index in [0.717, 1.165) is 36.6 Å². The largest absolute Gasteiger partial charge is 0.336 e. The minimum atomic E-state index is -0.113. The lowest BCUT2D eigenvalue weighted by molar-refractivity contribution is 0.0831. The number of imidazole rings is 1. The number of benzene rings is 1. The maximum absolute atomic E-state index is 6.72. The zero-order valence-corrected chi connectivity index (χ0v) is 24.7. The first-order valence-electron chi connectivity index (χ1n) is 13.9. The Balaban J connectivity index is 1.67. The highest BCUT2D eigenvalue weighted by atomic mass is 35.5. The zero-order chi connectivity index (χ0) is 27.2. The fourth-order valence-electron chi connectivity index (χ4n) is 6.26. The molecule has 1 aliphatic carbocycles. The lowest BCUT2D eigenvalue weighted by Crippen LogP contribution is -2.47. The van der Waals surface area contributed by atoms with Gasteiger partial charge in [-0.1, -0.05) is 23.7 Å². The molecule has 3 heterocycles. The molecule has 38 heavy (non-hydrogen) atoms. The second kappa shape index (κ2) is 10.3. The van der Waals surface area contributed by atoms with E-state index in [0.29, 0.717) is 5.92 Å². The Morgan fingerprint density at radius 1 is 1.05 bits per heavy atom.